The molecule has 1 aromatic rings. The first-order chi connectivity index (χ1) is 14.7. The van der Waals surface area contributed by atoms with Gasteiger partial charge in [-0.2, -0.15) is 0 Å². The molecule has 8 nitrogen and oxygen atoms in total. The highest BCUT2D eigenvalue weighted by Gasteiger charge is 2.13. The molecular weight excluding hydrogens is 511 g/mol. The van der Waals surface area contributed by atoms with Gasteiger partial charge >= 0.3 is 0 Å². The van der Waals surface area contributed by atoms with Crippen LogP contribution in [0, 0.1) is 5.92 Å². The number of halogens is 1. The van der Waals surface area contributed by atoms with E-state index in [1.54, 1.807) is 7.11 Å². The van der Waals surface area contributed by atoms with Crippen LogP contribution >= 0.6 is 24.0 Å². The summed E-state index contributed by atoms with van der Waals surface area (Å²) >= 11 is 0. The first kappa shape index (κ1) is 27.4. The van der Waals surface area contributed by atoms with Crippen molar-refractivity contribution in [3.8, 4) is 5.75 Å². The molecule has 9 heteroatoms. The molecule has 0 aromatic heterocycles. The van der Waals surface area contributed by atoms with Gasteiger partial charge in [-0.25, -0.2) is 4.99 Å². The second kappa shape index (κ2) is 17.0. The quantitative estimate of drug-likeness (QED) is 0.161. The van der Waals surface area contributed by atoms with Gasteiger partial charge in [-0.1, -0.05) is 12.1 Å². The number of carbonyl (C=O) groups is 1. The summed E-state index contributed by atoms with van der Waals surface area (Å²) in [5, 5.41) is 9.28. The highest BCUT2D eigenvalue weighted by molar-refractivity contribution is 14.0. The van der Waals surface area contributed by atoms with E-state index < -0.39 is 0 Å². The van der Waals surface area contributed by atoms with E-state index in [-0.39, 0.29) is 36.4 Å². The zero-order valence-electron chi connectivity index (χ0n) is 18.7. The molecule has 0 radical (unpaired) electrons. The van der Waals surface area contributed by atoms with Crippen LogP contribution in [-0.4, -0.2) is 65.0 Å². The molecule has 1 aliphatic rings. The van der Waals surface area contributed by atoms with E-state index in [2.05, 4.69) is 20.9 Å². The summed E-state index contributed by atoms with van der Waals surface area (Å²) in [5.41, 5.74) is 1.01. The standard InChI is InChI=1S/C22H36N4O4.HI/c1-3-23-22(24-11-4-12-30-17-19-9-13-29-14-10-19)26-16-21(27)25-15-18-5-7-20(28-2)8-6-18;/h5-8,19H,3-4,9-17H2,1-2H3,(H,25,27)(H2,23,24,26);1H. The summed E-state index contributed by atoms with van der Waals surface area (Å²) in [6, 6.07) is 7.61. The Morgan fingerprint density at radius 1 is 1.16 bits per heavy atom. The number of amides is 1. The topological polar surface area (TPSA) is 93.2 Å². The molecule has 2 rings (SSSR count). The second-order valence-corrected chi connectivity index (χ2v) is 7.23. The Kier molecular flexibility index (Phi) is 15.1. The van der Waals surface area contributed by atoms with Gasteiger partial charge < -0.3 is 30.2 Å². The molecule has 176 valence electrons. The molecule has 0 aliphatic carbocycles. The van der Waals surface area contributed by atoms with Crippen LogP contribution in [0.1, 0.15) is 31.7 Å². The fourth-order valence-electron chi connectivity index (χ4n) is 3.04. The van der Waals surface area contributed by atoms with Crippen molar-refractivity contribution < 1.29 is 19.0 Å². The molecule has 0 atom stereocenters. The first-order valence-electron chi connectivity index (χ1n) is 10.8. The average Bonchev–Trinajstić information content (AvgIpc) is 2.79. The normalized spacial score (nSPS) is 14.5. The van der Waals surface area contributed by atoms with Crippen molar-refractivity contribution in [3.05, 3.63) is 29.8 Å². The van der Waals surface area contributed by atoms with Crippen molar-refractivity contribution in [3.63, 3.8) is 0 Å². The van der Waals surface area contributed by atoms with E-state index in [0.29, 0.717) is 25.0 Å². The maximum Gasteiger partial charge on any atom is 0.242 e. The Morgan fingerprint density at radius 3 is 2.58 bits per heavy atom. The van der Waals surface area contributed by atoms with Crippen molar-refractivity contribution in [2.45, 2.75) is 32.7 Å². The Bertz CT molecular complexity index is 637. The zero-order chi connectivity index (χ0) is 21.4. The number of rotatable bonds is 12. The number of guanidine groups is 1. The number of hydrogen-bond acceptors (Lipinski definition) is 5. The molecule has 1 aromatic carbocycles. The molecular formula is C22H37IN4O4. The number of nitrogens with zero attached hydrogens (tertiary/aromatic N) is 1. The van der Waals surface area contributed by atoms with Gasteiger partial charge in [0.05, 0.1) is 7.11 Å². The van der Waals surface area contributed by atoms with E-state index in [4.69, 9.17) is 14.2 Å². The molecule has 0 saturated carbocycles. The SMILES string of the molecule is CCNC(=NCC(=O)NCc1ccc(OC)cc1)NCCCOCC1CCOCC1.I. The van der Waals surface area contributed by atoms with Gasteiger partial charge in [-0.3, -0.25) is 4.79 Å². The summed E-state index contributed by atoms with van der Waals surface area (Å²) < 4.78 is 16.3. The van der Waals surface area contributed by atoms with Crippen LogP contribution in [0.3, 0.4) is 0 Å². The minimum absolute atomic E-state index is 0. The van der Waals surface area contributed by atoms with E-state index in [9.17, 15) is 4.79 Å². The van der Waals surface area contributed by atoms with Crippen LogP contribution in [0.2, 0.25) is 0 Å². The monoisotopic (exact) mass is 548 g/mol. The Labute approximate surface area is 202 Å². The van der Waals surface area contributed by atoms with Crippen LogP contribution in [0.15, 0.2) is 29.3 Å². The molecule has 31 heavy (non-hydrogen) atoms. The molecule has 1 aliphatic heterocycles. The maximum absolute atomic E-state index is 12.1. The smallest absolute Gasteiger partial charge is 0.242 e. The van der Waals surface area contributed by atoms with Gasteiger partial charge in [-0.05, 0) is 49.8 Å². The molecule has 1 amide bonds. The Balaban J connectivity index is 0.00000480. The molecule has 0 spiro atoms. The summed E-state index contributed by atoms with van der Waals surface area (Å²) in [6.07, 6.45) is 3.07. The van der Waals surface area contributed by atoms with E-state index in [1.807, 2.05) is 31.2 Å². The predicted molar refractivity (Wildman–Crippen MR) is 133 cm³/mol. The van der Waals surface area contributed by atoms with Crippen molar-refractivity contribution in [2.24, 2.45) is 10.9 Å². The molecule has 0 unspecified atom stereocenters. The number of benzene rings is 1. The van der Waals surface area contributed by atoms with Gasteiger partial charge in [0, 0.05) is 46.1 Å². The fourth-order valence-corrected chi connectivity index (χ4v) is 3.04. The zero-order valence-corrected chi connectivity index (χ0v) is 21.0. The van der Waals surface area contributed by atoms with Gasteiger partial charge in [0.15, 0.2) is 5.96 Å². The minimum Gasteiger partial charge on any atom is -0.497 e. The summed E-state index contributed by atoms with van der Waals surface area (Å²) in [5.74, 6) is 1.94. The van der Waals surface area contributed by atoms with E-state index in [0.717, 1.165) is 63.5 Å². The highest BCUT2D eigenvalue weighted by atomic mass is 127. The third-order valence-corrected chi connectivity index (χ3v) is 4.83. The van der Waals surface area contributed by atoms with Crippen molar-refractivity contribution in [2.75, 3.05) is 53.2 Å². The lowest BCUT2D eigenvalue weighted by Gasteiger charge is -2.21. The van der Waals surface area contributed by atoms with Gasteiger partial charge in [0.1, 0.15) is 12.3 Å². The largest absolute Gasteiger partial charge is 0.497 e. The van der Waals surface area contributed by atoms with Crippen LogP contribution in [0.25, 0.3) is 0 Å². The van der Waals surface area contributed by atoms with E-state index >= 15 is 0 Å². The van der Waals surface area contributed by atoms with Crippen molar-refractivity contribution >= 4 is 35.8 Å². The Morgan fingerprint density at radius 2 is 1.90 bits per heavy atom. The lowest BCUT2D eigenvalue weighted by atomic mass is 10.0. The second-order valence-electron chi connectivity index (χ2n) is 7.23. The molecule has 1 heterocycles. The molecule has 1 saturated heterocycles. The van der Waals surface area contributed by atoms with Gasteiger partial charge in [0.25, 0.3) is 0 Å². The van der Waals surface area contributed by atoms with Crippen LogP contribution in [0.4, 0.5) is 0 Å². The lowest BCUT2D eigenvalue weighted by molar-refractivity contribution is -0.119. The van der Waals surface area contributed by atoms with Gasteiger partial charge in [-0.15, -0.1) is 24.0 Å². The number of aliphatic imine (C=N–C) groups is 1. The number of hydrogen-bond donors (Lipinski definition) is 3. The van der Waals surface area contributed by atoms with Crippen LogP contribution in [0.5, 0.6) is 5.75 Å². The third-order valence-electron chi connectivity index (χ3n) is 4.83. The summed E-state index contributed by atoms with van der Waals surface area (Å²) in [4.78, 5) is 16.4. The number of nitrogens with one attached hydrogen (secondary N) is 3. The summed E-state index contributed by atoms with van der Waals surface area (Å²) in [7, 11) is 1.63. The summed E-state index contributed by atoms with van der Waals surface area (Å²) in [6.45, 7) is 7.25. The first-order valence-corrected chi connectivity index (χ1v) is 10.8. The number of ether oxygens (including phenoxy) is 3. The highest BCUT2D eigenvalue weighted by Crippen LogP contribution is 2.14. The third kappa shape index (κ3) is 12.1. The van der Waals surface area contributed by atoms with Crippen LogP contribution < -0.4 is 20.7 Å². The molecule has 0 bridgehead atoms. The van der Waals surface area contributed by atoms with Crippen molar-refractivity contribution in [1.29, 1.82) is 0 Å². The number of methoxy groups -OCH3 is 1. The van der Waals surface area contributed by atoms with Crippen LogP contribution in [-0.2, 0) is 20.8 Å². The van der Waals surface area contributed by atoms with Crippen molar-refractivity contribution in [1.82, 2.24) is 16.0 Å². The fraction of sp³-hybridized carbons (Fsp3) is 0.636. The van der Waals surface area contributed by atoms with E-state index in [1.165, 1.54) is 0 Å². The minimum atomic E-state index is -0.122. The number of carbonyl (C=O) groups excluding carboxylic acids is 1. The predicted octanol–water partition coefficient (Wildman–Crippen LogP) is 2.32. The molecule has 1 fully saturated rings. The Hall–Kier alpha value is -1.59. The lowest BCUT2D eigenvalue weighted by Crippen LogP contribution is -2.39. The molecule has 3 N–H and O–H groups in total. The average molecular weight is 548 g/mol. The van der Waals surface area contributed by atoms with Gasteiger partial charge in [0.2, 0.25) is 5.91 Å². The maximum atomic E-state index is 12.1.